The predicted molar refractivity (Wildman–Crippen MR) is 73.3 cm³/mol. The molecule has 0 radical (unpaired) electrons. The summed E-state index contributed by atoms with van der Waals surface area (Å²) >= 11 is 0. The second-order valence-electron chi connectivity index (χ2n) is 5.43. The Morgan fingerprint density at radius 2 is 2.22 bits per heavy atom. The second kappa shape index (κ2) is 5.01. The number of nitrogens with zero attached hydrogens (tertiary/aromatic N) is 1. The third-order valence-electron chi connectivity index (χ3n) is 3.66. The number of hydrogen-bond donors (Lipinski definition) is 1. The molecular formula is C15H21NO2. The SMILES string of the molecule is CC1CN(C(C)C)c2cc(CCC(=O)O)ccc21. The molecule has 0 aliphatic carbocycles. The van der Waals surface area contributed by atoms with Crippen molar-refractivity contribution < 1.29 is 9.90 Å². The maximum Gasteiger partial charge on any atom is 0.303 e. The largest absolute Gasteiger partial charge is 0.481 e. The first kappa shape index (κ1) is 12.9. The number of carbonyl (C=O) groups is 1. The summed E-state index contributed by atoms with van der Waals surface area (Å²) in [5.74, 6) is -0.166. The monoisotopic (exact) mass is 247 g/mol. The molecule has 1 aromatic carbocycles. The summed E-state index contributed by atoms with van der Waals surface area (Å²) < 4.78 is 0. The van der Waals surface area contributed by atoms with Crippen LogP contribution in [0.4, 0.5) is 5.69 Å². The van der Waals surface area contributed by atoms with Crippen LogP contribution in [-0.2, 0) is 11.2 Å². The number of carboxylic acids is 1. The first-order valence-corrected chi connectivity index (χ1v) is 6.60. The summed E-state index contributed by atoms with van der Waals surface area (Å²) in [5, 5.41) is 8.74. The van der Waals surface area contributed by atoms with E-state index in [1.165, 1.54) is 11.3 Å². The predicted octanol–water partition coefficient (Wildman–Crippen LogP) is 3.04. The minimum atomic E-state index is -0.732. The Kier molecular flexibility index (Phi) is 3.60. The Morgan fingerprint density at radius 1 is 1.50 bits per heavy atom. The highest BCUT2D eigenvalue weighted by Gasteiger charge is 2.27. The molecule has 1 atom stereocenters. The normalized spacial score (nSPS) is 18.2. The molecule has 1 aliphatic heterocycles. The first-order chi connectivity index (χ1) is 8.49. The average molecular weight is 247 g/mol. The molecular weight excluding hydrogens is 226 g/mol. The lowest BCUT2D eigenvalue weighted by Crippen LogP contribution is -2.29. The Morgan fingerprint density at radius 3 is 2.83 bits per heavy atom. The molecule has 1 unspecified atom stereocenters. The van der Waals surface area contributed by atoms with E-state index in [-0.39, 0.29) is 6.42 Å². The number of aliphatic carboxylic acids is 1. The summed E-state index contributed by atoms with van der Waals surface area (Å²) in [5.41, 5.74) is 3.80. The summed E-state index contributed by atoms with van der Waals surface area (Å²) in [6.07, 6.45) is 0.818. The van der Waals surface area contributed by atoms with Gasteiger partial charge in [-0.1, -0.05) is 19.1 Å². The summed E-state index contributed by atoms with van der Waals surface area (Å²) in [7, 11) is 0. The zero-order chi connectivity index (χ0) is 13.3. The smallest absolute Gasteiger partial charge is 0.303 e. The van der Waals surface area contributed by atoms with Crippen LogP contribution in [-0.4, -0.2) is 23.7 Å². The molecule has 1 heterocycles. The molecule has 1 aliphatic rings. The maximum absolute atomic E-state index is 10.6. The van der Waals surface area contributed by atoms with Crippen molar-refractivity contribution in [3.05, 3.63) is 29.3 Å². The molecule has 0 fully saturated rings. The van der Waals surface area contributed by atoms with Crippen LogP contribution in [0.5, 0.6) is 0 Å². The molecule has 0 amide bonds. The van der Waals surface area contributed by atoms with Gasteiger partial charge >= 0.3 is 5.97 Å². The van der Waals surface area contributed by atoms with E-state index in [0.29, 0.717) is 18.4 Å². The van der Waals surface area contributed by atoms with E-state index in [1.807, 2.05) is 0 Å². The Balaban J connectivity index is 2.24. The van der Waals surface area contributed by atoms with Crippen LogP contribution in [0.15, 0.2) is 18.2 Å². The molecule has 18 heavy (non-hydrogen) atoms. The van der Waals surface area contributed by atoms with Gasteiger partial charge in [-0.2, -0.15) is 0 Å². The van der Waals surface area contributed by atoms with Crippen molar-refractivity contribution >= 4 is 11.7 Å². The van der Waals surface area contributed by atoms with Crippen LogP contribution in [0.1, 0.15) is 44.2 Å². The topological polar surface area (TPSA) is 40.5 Å². The molecule has 0 aromatic heterocycles. The van der Waals surface area contributed by atoms with Crippen molar-refractivity contribution in [3.8, 4) is 0 Å². The number of hydrogen-bond acceptors (Lipinski definition) is 2. The first-order valence-electron chi connectivity index (χ1n) is 6.60. The van der Waals surface area contributed by atoms with E-state index >= 15 is 0 Å². The summed E-state index contributed by atoms with van der Waals surface area (Å²) in [4.78, 5) is 13.0. The van der Waals surface area contributed by atoms with Gasteiger partial charge in [0.1, 0.15) is 0 Å². The zero-order valence-electron chi connectivity index (χ0n) is 11.3. The molecule has 0 saturated carbocycles. The van der Waals surface area contributed by atoms with Gasteiger partial charge in [-0.15, -0.1) is 0 Å². The van der Waals surface area contributed by atoms with Gasteiger partial charge in [0.05, 0.1) is 0 Å². The molecule has 2 rings (SSSR count). The molecule has 0 bridgehead atoms. The van der Waals surface area contributed by atoms with Gasteiger partial charge in [-0.25, -0.2) is 0 Å². The maximum atomic E-state index is 10.6. The quantitative estimate of drug-likeness (QED) is 0.889. The van der Waals surface area contributed by atoms with E-state index in [2.05, 4.69) is 43.9 Å². The molecule has 0 saturated heterocycles. The van der Waals surface area contributed by atoms with Crippen molar-refractivity contribution in [1.29, 1.82) is 0 Å². The lowest BCUT2D eigenvalue weighted by atomic mass is 10.0. The molecule has 3 heteroatoms. The fourth-order valence-corrected chi connectivity index (χ4v) is 2.64. The fraction of sp³-hybridized carbons (Fsp3) is 0.533. The Labute approximate surface area is 108 Å². The number of rotatable bonds is 4. The Hall–Kier alpha value is -1.51. The van der Waals surface area contributed by atoms with Crippen LogP contribution in [0.3, 0.4) is 0 Å². The van der Waals surface area contributed by atoms with Crippen LogP contribution >= 0.6 is 0 Å². The highest BCUT2D eigenvalue weighted by molar-refractivity contribution is 5.67. The van der Waals surface area contributed by atoms with Crippen molar-refractivity contribution in [3.63, 3.8) is 0 Å². The van der Waals surface area contributed by atoms with Crippen molar-refractivity contribution in [1.82, 2.24) is 0 Å². The molecule has 0 spiro atoms. The Bertz CT molecular complexity index is 454. The molecule has 3 nitrogen and oxygen atoms in total. The van der Waals surface area contributed by atoms with Gasteiger partial charge in [0.15, 0.2) is 0 Å². The number of carboxylic acid groups (broad SMARTS) is 1. The average Bonchev–Trinajstić information content (AvgIpc) is 2.64. The van der Waals surface area contributed by atoms with Gasteiger partial charge in [0.2, 0.25) is 0 Å². The number of fused-ring (bicyclic) bond motifs is 1. The third-order valence-corrected chi connectivity index (χ3v) is 3.66. The second-order valence-corrected chi connectivity index (χ2v) is 5.43. The van der Waals surface area contributed by atoms with Crippen LogP contribution in [0.2, 0.25) is 0 Å². The van der Waals surface area contributed by atoms with Gasteiger partial charge in [-0.3, -0.25) is 4.79 Å². The lowest BCUT2D eigenvalue weighted by molar-refractivity contribution is -0.136. The molecule has 1 N–H and O–H groups in total. The van der Waals surface area contributed by atoms with Crippen LogP contribution in [0.25, 0.3) is 0 Å². The van der Waals surface area contributed by atoms with E-state index in [1.54, 1.807) is 0 Å². The number of anilines is 1. The van der Waals surface area contributed by atoms with E-state index in [9.17, 15) is 4.79 Å². The van der Waals surface area contributed by atoms with Gasteiger partial charge in [0.25, 0.3) is 0 Å². The van der Waals surface area contributed by atoms with Crippen molar-refractivity contribution in [2.75, 3.05) is 11.4 Å². The van der Waals surface area contributed by atoms with Gasteiger partial charge < -0.3 is 10.0 Å². The van der Waals surface area contributed by atoms with Crippen LogP contribution < -0.4 is 4.90 Å². The highest BCUT2D eigenvalue weighted by atomic mass is 16.4. The fourth-order valence-electron chi connectivity index (χ4n) is 2.64. The summed E-state index contributed by atoms with van der Waals surface area (Å²) in [6, 6.07) is 6.90. The van der Waals surface area contributed by atoms with Gasteiger partial charge in [0, 0.05) is 30.6 Å². The van der Waals surface area contributed by atoms with E-state index in [0.717, 1.165) is 12.1 Å². The molecule has 1 aromatic rings. The number of benzene rings is 1. The minimum Gasteiger partial charge on any atom is -0.481 e. The van der Waals surface area contributed by atoms with Gasteiger partial charge in [-0.05, 0) is 37.5 Å². The standard InChI is InChI=1S/C15H21NO2/c1-10(2)16-9-11(3)13-6-4-12(8-14(13)16)5-7-15(17)18/h4,6,8,10-11H,5,7,9H2,1-3H3,(H,17,18). The van der Waals surface area contributed by atoms with Crippen molar-refractivity contribution in [2.24, 2.45) is 0 Å². The zero-order valence-corrected chi connectivity index (χ0v) is 11.3. The third kappa shape index (κ3) is 2.50. The van der Waals surface area contributed by atoms with E-state index in [4.69, 9.17) is 5.11 Å². The van der Waals surface area contributed by atoms with Crippen molar-refractivity contribution in [2.45, 2.75) is 45.6 Å². The van der Waals surface area contributed by atoms with E-state index < -0.39 is 5.97 Å². The lowest BCUT2D eigenvalue weighted by Gasteiger charge is -2.24. The summed E-state index contributed by atoms with van der Waals surface area (Å²) in [6.45, 7) is 7.71. The highest BCUT2D eigenvalue weighted by Crippen LogP contribution is 2.37. The number of aryl methyl sites for hydroxylation is 1. The molecule has 98 valence electrons. The minimum absolute atomic E-state index is 0.204. The van der Waals surface area contributed by atoms with Crippen LogP contribution in [0, 0.1) is 0 Å².